The summed E-state index contributed by atoms with van der Waals surface area (Å²) in [4.78, 5) is 2.63. The Morgan fingerprint density at radius 1 is 0.926 bits per heavy atom. The molecule has 1 aromatic heterocycles. The van der Waals surface area contributed by atoms with Gasteiger partial charge < -0.3 is 9.30 Å². The fraction of sp³-hybridized carbons (Fsp3) is 0.333. The van der Waals surface area contributed by atoms with Gasteiger partial charge in [0.05, 0.1) is 13.2 Å². The minimum Gasteiger partial charge on any atom is -0.497 e. The van der Waals surface area contributed by atoms with Crippen molar-refractivity contribution < 1.29 is 4.74 Å². The summed E-state index contributed by atoms with van der Waals surface area (Å²) in [6.45, 7) is 5.40. The maximum Gasteiger partial charge on any atom is 0.118 e. The molecule has 0 saturated carbocycles. The summed E-state index contributed by atoms with van der Waals surface area (Å²) in [5.74, 6) is 0.908. The van der Waals surface area contributed by atoms with Gasteiger partial charge in [0.1, 0.15) is 5.75 Å². The number of nitrogens with zero attached hydrogens (tertiary/aromatic N) is 2. The second kappa shape index (κ2) is 8.01. The van der Waals surface area contributed by atoms with Crippen LogP contribution < -0.4 is 4.74 Å². The lowest BCUT2D eigenvalue weighted by atomic mass is 9.99. The number of aromatic nitrogens is 1. The molecule has 0 N–H and O–H groups in total. The van der Waals surface area contributed by atoms with Gasteiger partial charge in [0.2, 0.25) is 0 Å². The molecule has 1 atom stereocenters. The van der Waals surface area contributed by atoms with Gasteiger partial charge in [-0.05, 0) is 53.8 Å². The van der Waals surface area contributed by atoms with Crippen molar-refractivity contribution in [3.05, 3.63) is 89.2 Å². The summed E-state index contributed by atoms with van der Waals surface area (Å²) in [6, 6.07) is 22.2. The van der Waals surface area contributed by atoms with Gasteiger partial charge in [0, 0.05) is 31.5 Å². The van der Waals surface area contributed by atoms with E-state index < -0.39 is 0 Å². The van der Waals surface area contributed by atoms with Crippen molar-refractivity contribution in [2.24, 2.45) is 0 Å². The molecule has 2 aromatic carbocycles. The summed E-state index contributed by atoms with van der Waals surface area (Å²) < 4.78 is 7.79. The monoisotopic (exact) mass is 360 g/mol. The Balaban J connectivity index is 1.73. The molecule has 0 unspecified atom stereocenters. The summed E-state index contributed by atoms with van der Waals surface area (Å²) >= 11 is 0. The molecule has 0 aliphatic carbocycles. The number of fused-ring (bicyclic) bond motifs is 1. The fourth-order valence-corrected chi connectivity index (χ4v) is 4.25. The third kappa shape index (κ3) is 3.65. The number of methoxy groups -OCH3 is 1. The highest BCUT2D eigenvalue weighted by molar-refractivity contribution is 5.35. The smallest absolute Gasteiger partial charge is 0.118 e. The summed E-state index contributed by atoms with van der Waals surface area (Å²) in [5, 5.41) is 0. The first-order valence-corrected chi connectivity index (χ1v) is 9.90. The number of rotatable bonds is 5. The van der Waals surface area contributed by atoms with Gasteiger partial charge in [0.25, 0.3) is 0 Å². The third-order valence-electron chi connectivity index (χ3n) is 5.66. The zero-order chi connectivity index (χ0) is 18.6. The van der Waals surface area contributed by atoms with Crippen molar-refractivity contribution in [2.75, 3.05) is 13.7 Å². The predicted octanol–water partition coefficient (Wildman–Crippen LogP) is 5.05. The Morgan fingerprint density at radius 2 is 1.70 bits per heavy atom. The van der Waals surface area contributed by atoms with Crippen LogP contribution in [-0.4, -0.2) is 23.1 Å². The Morgan fingerprint density at radius 3 is 2.44 bits per heavy atom. The highest BCUT2D eigenvalue weighted by atomic mass is 16.5. The van der Waals surface area contributed by atoms with E-state index in [0.29, 0.717) is 0 Å². The maximum atomic E-state index is 5.37. The van der Waals surface area contributed by atoms with Crippen LogP contribution in [0.2, 0.25) is 0 Å². The molecule has 0 spiro atoms. The maximum absolute atomic E-state index is 5.37. The minimum atomic E-state index is 0.262. The third-order valence-corrected chi connectivity index (χ3v) is 5.66. The fourth-order valence-electron chi connectivity index (χ4n) is 4.25. The molecule has 3 heteroatoms. The molecule has 0 saturated heterocycles. The second-order valence-corrected chi connectivity index (χ2v) is 7.25. The number of hydrogen-bond acceptors (Lipinski definition) is 2. The van der Waals surface area contributed by atoms with Crippen LogP contribution in [0.3, 0.4) is 0 Å². The van der Waals surface area contributed by atoms with Crippen molar-refractivity contribution in [3.8, 4) is 5.75 Å². The first-order valence-electron chi connectivity index (χ1n) is 9.90. The van der Waals surface area contributed by atoms with Gasteiger partial charge in [-0.3, -0.25) is 4.90 Å². The first-order chi connectivity index (χ1) is 13.3. The van der Waals surface area contributed by atoms with Crippen molar-refractivity contribution in [3.63, 3.8) is 0 Å². The first kappa shape index (κ1) is 17.9. The van der Waals surface area contributed by atoms with Crippen LogP contribution in [-0.2, 0) is 19.5 Å². The van der Waals surface area contributed by atoms with Crippen molar-refractivity contribution in [1.29, 1.82) is 0 Å². The van der Waals surface area contributed by atoms with Crippen LogP contribution in [0.15, 0.2) is 66.9 Å². The second-order valence-electron chi connectivity index (χ2n) is 7.25. The van der Waals surface area contributed by atoms with Gasteiger partial charge >= 0.3 is 0 Å². The van der Waals surface area contributed by atoms with E-state index in [1.165, 1.54) is 28.8 Å². The average molecular weight is 361 g/mol. The molecule has 0 radical (unpaired) electrons. The number of ether oxygens (including phenoxy) is 1. The largest absolute Gasteiger partial charge is 0.497 e. The molecule has 2 heterocycles. The van der Waals surface area contributed by atoms with Crippen LogP contribution in [0.1, 0.15) is 41.8 Å². The molecule has 0 fully saturated rings. The van der Waals surface area contributed by atoms with Crippen LogP contribution in [0, 0.1) is 0 Å². The van der Waals surface area contributed by atoms with Gasteiger partial charge in [-0.2, -0.15) is 0 Å². The van der Waals surface area contributed by atoms with E-state index in [1.54, 1.807) is 7.11 Å². The lowest BCUT2D eigenvalue weighted by Crippen LogP contribution is -2.29. The molecule has 1 aliphatic heterocycles. The van der Waals surface area contributed by atoms with Gasteiger partial charge in [0.15, 0.2) is 0 Å². The summed E-state index contributed by atoms with van der Waals surface area (Å²) in [6.07, 6.45) is 4.46. The topological polar surface area (TPSA) is 17.4 Å². The van der Waals surface area contributed by atoms with Crippen LogP contribution >= 0.6 is 0 Å². The van der Waals surface area contributed by atoms with E-state index in [1.807, 2.05) is 0 Å². The molecule has 0 amide bonds. The summed E-state index contributed by atoms with van der Waals surface area (Å²) in [5.41, 5.74) is 5.60. The van der Waals surface area contributed by atoms with E-state index in [0.717, 1.165) is 31.8 Å². The normalized spacial score (nSPS) is 17.3. The Kier molecular flexibility index (Phi) is 5.30. The van der Waals surface area contributed by atoms with Gasteiger partial charge in [-0.25, -0.2) is 0 Å². The number of benzene rings is 2. The van der Waals surface area contributed by atoms with Crippen LogP contribution in [0.4, 0.5) is 0 Å². The Labute approximate surface area is 162 Å². The van der Waals surface area contributed by atoms with E-state index in [-0.39, 0.29) is 6.04 Å². The van der Waals surface area contributed by atoms with E-state index >= 15 is 0 Å². The number of hydrogen-bond donors (Lipinski definition) is 0. The van der Waals surface area contributed by atoms with E-state index in [9.17, 15) is 0 Å². The van der Waals surface area contributed by atoms with Crippen LogP contribution in [0.25, 0.3) is 0 Å². The summed E-state index contributed by atoms with van der Waals surface area (Å²) in [7, 11) is 1.72. The lowest BCUT2D eigenvalue weighted by Gasteiger charge is -2.31. The quantitative estimate of drug-likeness (QED) is 0.633. The average Bonchev–Trinajstić information content (AvgIpc) is 3.10. The SMILES string of the molecule is CCc1ccccc1CN1CCCn2cccc2[C@@H]1c1ccc(OC)cc1. The number of aryl methyl sites for hydroxylation is 2. The molecule has 3 aromatic rings. The highest BCUT2D eigenvalue weighted by Gasteiger charge is 2.27. The Bertz CT molecular complexity index is 881. The molecule has 0 bridgehead atoms. The van der Waals surface area contributed by atoms with E-state index in [4.69, 9.17) is 4.74 Å². The molecule has 27 heavy (non-hydrogen) atoms. The highest BCUT2D eigenvalue weighted by Crippen LogP contribution is 2.34. The van der Waals surface area contributed by atoms with Gasteiger partial charge in [-0.1, -0.05) is 43.3 Å². The molecule has 4 rings (SSSR count). The zero-order valence-electron chi connectivity index (χ0n) is 16.3. The predicted molar refractivity (Wildman–Crippen MR) is 110 cm³/mol. The van der Waals surface area contributed by atoms with Crippen molar-refractivity contribution in [1.82, 2.24) is 9.47 Å². The molecule has 1 aliphatic rings. The van der Waals surface area contributed by atoms with E-state index in [2.05, 4.69) is 83.3 Å². The van der Waals surface area contributed by atoms with Crippen molar-refractivity contribution >= 4 is 0 Å². The van der Waals surface area contributed by atoms with Gasteiger partial charge in [-0.15, -0.1) is 0 Å². The molecular formula is C24H28N2O. The standard InChI is InChI=1S/C24H28N2O/c1-3-19-8-4-5-9-21(19)18-26-17-7-16-25-15-6-10-23(25)24(26)20-11-13-22(27-2)14-12-20/h4-6,8-15,24H,3,7,16-18H2,1-2H3/t24-/m0/s1. The minimum absolute atomic E-state index is 0.262. The Hall–Kier alpha value is -2.52. The lowest BCUT2D eigenvalue weighted by molar-refractivity contribution is 0.219. The zero-order valence-corrected chi connectivity index (χ0v) is 16.3. The molecular weight excluding hydrogens is 332 g/mol. The van der Waals surface area contributed by atoms with Crippen LogP contribution in [0.5, 0.6) is 5.75 Å². The molecule has 3 nitrogen and oxygen atoms in total. The molecule has 140 valence electrons. The van der Waals surface area contributed by atoms with Crippen molar-refractivity contribution in [2.45, 2.75) is 38.9 Å².